The molecule has 0 radical (unpaired) electrons. The molecule has 2 N–H and O–H groups in total. The molecule has 0 aromatic carbocycles. The molecule has 0 bridgehead atoms. The molecule has 6 heteroatoms. The van der Waals surface area contributed by atoms with E-state index >= 15 is 0 Å². The molecule has 0 amide bonds. The molecule has 0 aliphatic carbocycles. The molecule has 2 aromatic rings. The molecule has 5 nitrogen and oxygen atoms in total. The smallest absolute Gasteiger partial charge is 0.131 e. The van der Waals surface area contributed by atoms with Crippen molar-refractivity contribution in [3.05, 3.63) is 40.9 Å². The molecule has 0 aliphatic rings. The Hall–Kier alpha value is -2.03. The van der Waals surface area contributed by atoms with Crippen molar-refractivity contribution in [2.75, 3.05) is 11.9 Å². The fourth-order valence-corrected chi connectivity index (χ4v) is 1.87. The average Bonchev–Trinajstić information content (AvgIpc) is 2.83. The summed E-state index contributed by atoms with van der Waals surface area (Å²) in [6.07, 6.45) is 5.49. The van der Waals surface area contributed by atoms with Gasteiger partial charge in [-0.2, -0.15) is 5.10 Å². The van der Waals surface area contributed by atoms with Crippen LogP contribution in [0.4, 0.5) is 5.69 Å². The number of aliphatic hydroxyl groups is 1. The Morgan fingerprint density at radius 3 is 2.90 bits per heavy atom. The number of hydrogen-bond acceptors (Lipinski definition) is 4. The van der Waals surface area contributed by atoms with E-state index in [4.69, 9.17) is 11.6 Å². The van der Waals surface area contributed by atoms with Crippen LogP contribution in [-0.2, 0) is 7.05 Å². The van der Waals surface area contributed by atoms with E-state index in [1.807, 2.05) is 13.2 Å². The number of aliphatic hydroxyl groups excluding tert-OH is 1. The molecule has 0 aliphatic heterocycles. The fourth-order valence-electron chi connectivity index (χ4n) is 1.72. The molecule has 0 saturated heterocycles. The monoisotopic (exact) mass is 304 g/mol. The van der Waals surface area contributed by atoms with Crippen molar-refractivity contribution in [1.29, 1.82) is 0 Å². The molecule has 0 spiro atoms. The van der Waals surface area contributed by atoms with Gasteiger partial charge >= 0.3 is 0 Å². The van der Waals surface area contributed by atoms with Crippen LogP contribution in [0.5, 0.6) is 0 Å². The standard InChI is InChI=1S/C15H17ClN4O/c1-11(21)5-6-17-14-7-15(16)18-9-13(14)4-3-12-8-19-20(2)10-12/h7-11,21H,5-6H2,1-2H3,(H,17,18)/t11-/m1/s1. The van der Waals surface area contributed by atoms with Gasteiger partial charge in [0.05, 0.1) is 29.1 Å². The summed E-state index contributed by atoms with van der Waals surface area (Å²) in [6.45, 7) is 2.39. The summed E-state index contributed by atoms with van der Waals surface area (Å²) >= 11 is 5.92. The molecule has 0 unspecified atom stereocenters. The van der Waals surface area contributed by atoms with Crippen molar-refractivity contribution < 1.29 is 5.11 Å². The quantitative estimate of drug-likeness (QED) is 0.670. The fraction of sp³-hybridized carbons (Fsp3) is 0.333. The van der Waals surface area contributed by atoms with Gasteiger partial charge in [0.1, 0.15) is 5.15 Å². The largest absolute Gasteiger partial charge is 0.393 e. The molecular formula is C15H17ClN4O. The summed E-state index contributed by atoms with van der Waals surface area (Å²) in [7, 11) is 1.85. The van der Waals surface area contributed by atoms with Crippen molar-refractivity contribution in [2.45, 2.75) is 19.4 Å². The molecule has 1 atom stereocenters. The summed E-state index contributed by atoms with van der Waals surface area (Å²) in [4.78, 5) is 4.05. The van der Waals surface area contributed by atoms with Gasteiger partial charge in [0, 0.05) is 26.0 Å². The third-order valence-electron chi connectivity index (χ3n) is 2.79. The third-order valence-corrected chi connectivity index (χ3v) is 3.00. The number of halogens is 1. The van der Waals surface area contributed by atoms with E-state index in [2.05, 4.69) is 27.2 Å². The predicted molar refractivity (Wildman–Crippen MR) is 83.2 cm³/mol. The molecule has 0 saturated carbocycles. The second kappa shape index (κ2) is 7.11. The molecular weight excluding hydrogens is 288 g/mol. The highest BCUT2D eigenvalue weighted by Gasteiger charge is 2.03. The maximum absolute atomic E-state index is 9.29. The molecule has 2 rings (SSSR count). The summed E-state index contributed by atoms with van der Waals surface area (Å²) in [5, 5.41) is 17.0. The lowest BCUT2D eigenvalue weighted by Gasteiger charge is -2.09. The van der Waals surface area contributed by atoms with Crippen LogP contribution in [0.25, 0.3) is 0 Å². The van der Waals surface area contributed by atoms with E-state index < -0.39 is 0 Å². The first-order valence-corrected chi connectivity index (χ1v) is 7.00. The Labute approximate surface area is 129 Å². The molecule has 21 heavy (non-hydrogen) atoms. The van der Waals surface area contributed by atoms with Gasteiger partial charge in [0.15, 0.2) is 0 Å². The number of anilines is 1. The van der Waals surface area contributed by atoms with Crippen LogP contribution in [-0.4, -0.2) is 32.5 Å². The minimum absolute atomic E-state index is 0.347. The zero-order valence-corrected chi connectivity index (χ0v) is 12.7. The van der Waals surface area contributed by atoms with Crippen LogP contribution in [0.15, 0.2) is 24.7 Å². The van der Waals surface area contributed by atoms with E-state index in [1.54, 1.807) is 30.1 Å². The van der Waals surface area contributed by atoms with Crippen molar-refractivity contribution in [1.82, 2.24) is 14.8 Å². The Morgan fingerprint density at radius 2 is 2.24 bits per heavy atom. The van der Waals surface area contributed by atoms with Gasteiger partial charge in [-0.3, -0.25) is 4.68 Å². The van der Waals surface area contributed by atoms with Crippen LogP contribution < -0.4 is 5.32 Å². The van der Waals surface area contributed by atoms with Gasteiger partial charge in [-0.05, 0) is 19.4 Å². The second-order valence-corrected chi connectivity index (χ2v) is 5.16. The molecule has 110 valence electrons. The van der Waals surface area contributed by atoms with E-state index in [1.165, 1.54) is 0 Å². The minimum atomic E-state index is -0.347. The highest BCUT2D eigenvalue weighted by molar-refractivity contribution is 6.29. The number of hydrogen-bond donors (Lipinski definition) is 2. The van der Waals surface area contributed by atoms with Gasteiger partial charge in [-0.25, -0.2) is 4.98 Å². The number of pyridine rings is 1. The Balaban J connectivity index is 2.16. The van der Waals surface area contributed by atoms with Gasteiger partial charge < -0.3 is 10.4 Å². The average molecular weight is 305 g/mol. The topological polar surface area (TPSA) is 63.0 Å². The SMILES string of the molecule is C[C@@H](O)CCNc1cc(Cl)ncc1C#Cc1cnn(C)c1. The normalized spacial score (nSPS) is 11.6. The van der Waals surface area contributed by atoms with E-state index in [-0.39, 0.29) is 6.10 Å². The Kier molecular flexibility index (Phi) is 5.20. The second-order valence-electron chi connectivity index (χ2n) is 4.77. The van der Waals surface area contributed by atoms with Crippen LogP contribution in [0, 0.1) is 11.8 Å². The van der Waals surface area contributed by atoms with Crippen molar-refractivity contribution >= 4 is 17.3 Å². The highest BCUT2D eigenvalue weighted by Crippen LogP contribution is 2.18. The van der Waals surface area contributed by atoms with Crippen molar-refractivity contribution in [2.24, 2.45) is 7.05 Å². The molecule has 0 fully saturated rings. The zero-order chi connectivity index (χ0) is 15.2. The zero-order valence-electron chi connectivity index (χ0n) is 12.0. The molecule has 2 heterocycles. The number of rotatable bonds is 4. The third kappa shape index (κ3) is 4.78. The number of nitrogens with one attached hydrogen (secondary N) is 1. The van der Waals surface area contributed by atoms with Gasteiger partial charge in [-0.1, -0.05) is 23.4 Å². The summed E-state index contributed by atoms with van der Waals surface area (Å²) in [5.41, 5.74) is 2.41. The Bertz CT molecular complexity index is 670. The summed E-state index contributed by atoms with van der Waals surface area (Å²) < 4.78 is 1.70. The van der Waals surface area contributed by atoms with E-state index in [0.717, 1.165) is 16.8 Å². The van der Waals surface area contributed by atoms with Gasteiger partial charge in [0.2, 0.25) is 0 Å². The minimum Gasteiger partial charge on any atom is -0.393 e. The van der Waals surface area contributed by atoms with Crippen LogP contribution in [0.3, 0.4) is 0 Å². The maximum Gasteiger partial charge on any atom is 0.131 e. The number of nitrogens with zero attached hydrogens (tertiary/aromatic N) is 3. The summed E-state index contributed by atoms with van der Waals surface area (Å²) in [6, 6.07) is 1.73. The van der Waals surface area contributed by atoms with Crippen LogP contribution in [0.1, 0.15) is 24.5 Å². The summed E-state index contributed by atoms with van der Waals surface area (Å²) in [5.74, 6) is 6.09. The predicted octanol–water partition coefficient (Wildman–Crippen LogP) is 2.05. The van der Waals surface area contributed by atoms with Crippen LogP contribution in [0.2, 0.25) is 5.15 Å². The van der Waals surface area contributed by atoms with Crippen molar-refractivity contribution in [3.8, 4) is 11.8 Å². The first kappa shape index (κ1) is 15.4. The lowest BCUT2D eigenvalue weighted by molar-refractivity contribution is 0.189. The van der Waals surface area contributed by atoms with Crippen molar-refractivity contribution in [3.63, 3.8) is 0 Å². The van der Waals surface area contributed by atoms with E-state index in [0.29, 0.717) is 18.1 Å². The lowest BCUT2D eigenvalue weighted by atomic mass is 10.2. The van der Waals surface area contributed by atoms with Gasteiger partial charge in [-0.15, -0.1) is 0 Å². The van der Waals surface area contributed by atoms with Gasteiger partial charge in [0.25, 0.3) is 0 Å². The first-order chi connectivity index (χ1) is 10.0. The highest BCUT2D eigenvalue weighted by atomic mass is 35.5. The van der Waals surface area contributed by atoms with E-state index in [9.17, 15) is 5.11 Å². The van der Waals surface area contributed by atoms with Crippen LogP contribution >= 0.6 is 11.6 Å². The molecule has 2 aromatic heterocycles. The number of aryl methyl sites for hydroxylation is 1. The number of aromatic nitrogens is 3. The lowest BCUT2D eigenvalue weighted by Crippen LogP contribution is -2.10. The maximum atomic E-state index is 9.29. The first-order valence-electron chi connectivity index (χ1n) is 6.63. The Morgan fingerprint density at radius 1 is 1.43 bits per heavy atom.